The summed E-state index contributed by atoms with van der Waals surface area (Å²) < 4.78 is 5.21. The topological polar surface area (TPSA) is 101 Å². The number of hydrogen-bond donors (Lipinski definition) is 1. The average molecular weight is 458 g/mol. The van der Waals surface area contributed by atoms with Crippen molar-refractivity contribution in [3.8, 4) is 11.1 Å². The van der Waals surface area contributed by atoms with Crippen LogP contribution in [0.25, 0.3) is 11.1 Å². The number of nitrogens with one attached hydrogen (secondary N) is 1. The minimum absolute atomic E-state index is 0.0552. The zero-order valence-corrected chi connectivity index (χ0v) is 19.5. The largest absolute Gasteiger partial charge is 0.361 e. The van der Waals surface area contributed by atoms with E-state index in [1.54, 1.807) is 17.2 Å². The first kappa shape index (κ1) is 22.0. The molecule has 0 aliphatic carbocycles. The molecule has 34 heavy (non-hydrogen) atoms. The third-order valence-electron chi connectivity index (χ3n) is 6.68. The van der Waals surface area contributed by atoms with Crippen LogP contribution in [-0.4, -0.2) is 45.3 Å². The minimum Gasteiger partial charge on any atom is -0.361 e. The molecule has 2 aliphatic rings. The standard InChI is InChI=1S/C26H27N5O3/c1-16-14-20(34-30-16)15-23(32)31-13-5-7-22(31)24-28-25(33)26(3,29-24)19-10-8-18(9-11-19)21-6-4-12-27-17(21)2/h4,6,8-12,14,22H,5,7,13,15H2,1-3H3,(H,28,29,33). The number of aromatic nitrogens is 2. The number of hydrogen-bond acceptors (Lipinski definition) is 6. The van der Waals surface area contributed by atoms with Gasteiger partial charge in [-0.05, 0) is 50.8 Å². The fraction of sp³-hybridized carbons (Fsp3) is 0.346. The van der Waals surface area contributed by atoms with Crippen LogP contribution in [0.5, 0.6) is 0 Å². The molecular weight excluding hydrogens is 430 g/mol. The van der Waals surface area contributed by atoms with Crippen LogP contribution in [0.3, 0.4) is 0 Å². The van der Waals surface area contributed by atoms with E-state index in [1.807, 2.05) is 57.2 Å². The van der Waals surface area contributed by atoms with E-state index in [1.165, 1.54) is 0 Å². The van der Waals surface area contributed by atoms with Gasteiger partial charge >= 0.3 is 0 Å². The van der Waals surface area contributed by atoms with Gasteiger partial charge in [0.25, 0.3) is 5.91 Å². The monoisotopic (exact) mass is 457 g/mol. The molecular formula is C26H27N5O3. The molecule has 0 bridgehead atoms. The smallest absolute Gasteiger partial charge is 0.257 e. The molecule has 3 aromatic rings. The van der Waals surface area contributed by atoms with Crippen molar-refractivity contribution in [2.75, 3.05) is 6.54 Å². The number of amides is 2. The van der Waals surface area contributed by atoms with Crippen LogP contribution in [0.15, 0.2) is 58.2 Å². The molecule has 8 nitrogen and oxygen atoms in total. The quantitative estimate of drug-likeness (QED) is 0.633. The highest BCUT2D eigenvalue weighted by Gasteiger charge is 2.45. The second kappa shape index (κ2) is 8.52. The van der Waals surface area contributed by atoms with E-state index in [9.17, 15) is 9.59 Å². The molecule has 4 heterocycles. The van der Waals surface area contributed by atoms with Gasteiger partial charge in [-0.2, -0.15) is 0 Å². The van der Waals surface area contributed by atoms with Gasteiger partial charge < -0.3 is 14.7 Å². The highest BCUT2D eigenvalue weighted by molar-refractivity contribution is 6.11. The van der Waals surface area contributed by atoms with Gasteiger partial charge in [0, 0.05) is 30.1 Å². The molecule has 1 aromatic carbocycles. The van der Waals surface area contributed by atoms with Crippen molar-refractivity contribution in [3.63, 3.8) is 0 Å². The maximum Gasteiger partial charge on any atom is 0.257 e. The summed E-state index contributed by atoms with van der Waals surface area (Å²) in [5, 5.41) is 6.82. The first-order valence-electron chi connectivity index (χ1n) is 11.5. The van der Waals surface area contributed by atoms with Crippen molar-refractivity contribution in [2.24, 2.45) is 4.99 Å². The van der Waals surface area contributed by atoms with E-state index in [0.29, 0.717) is 18.1 Å². The van der Waals surface area contributed by atoms with E-state index < -0.39 is 5.54 Å². The lowest BCUT2D eigenvalue weighted by atomic mass is 9.91. The second-order valence-corrected chi connectivity index (χ2v) is 9.09. The molecule has 1 N–H and O–H groups in total. The number of aliphatic imine (C=N–C) groups is 1. The Labute approximate surface area is 198 Å². The van der Waals surface area contributed by atoms with Crippen LogP contribution < -0.4 is 5.32 Å². The molecule has 1 fully saturated rings. The van der Waals surface area contributed by atoms with Crippen molar-refractivity contribution < 1.29 is 14.1 Å². The van der Waals surface area contributed by atoms with Crippen molar-refractivity contribution in [2.45, 2.75) is 51.6 Å². The Morgan fingerprint density at radius 2 is 2.03 bits per heavy atom. The van der Waals surface area contributed by atoms with Gasteiger partial charge in [-0.1, -0.05) is 35.5 Å². The van der Waals surface area contributed by atoms with Gasteiger partial charge in [-0.3, -0.25) is 14.6 Å². The Kier molecular flexibility index (Phi) is 5.51. The normalized spacial score (nSPS) is 22.1. The van der Waals surface area contributed by atoms with Crippen LogP contribution in [0.4, 0.5) is 0 Å². The summed E-state index contributed by atoms with van der Waals surface area (Å²) in [5.74, 6) is 0.858. The number of pyridine rings is 1. The number of benzene rings is 1. The number of carbonyl (C=O) groups is 2. The van der Waals surface area contributed by atoms with Gasteiger partial charge in [0.15, 0.2) is 5.54 Å². The Hall–Kier alpha value is -3.81. The number of rotatable bonds is 5. The molecule has 2 atom stereocenters. The minimum atomic E-state index is -1.04. The summed E-state index contributed by atoms with van der Waals surface area (Å²) in [6, 6.07) is 13.3. The molecule has 174 valence electrons. The van der Waals surface area contributed by atoms with Crippen LogP contribution in [0.1, 0.15) is 42.5 Å². The van der Waals surface area contributed by atoms with Crippen molar-refractivity contribution >= 4 is 17.6 Å². The number of likely N-dealkylation sites (tertiary alicyclic amines) is 1. The van der Waals surface area contributed by atoms with E-state index in [4.69, 9.17) is 9.52 Å². The maximum atomic E-state index is 13.1. The zero-order valence-electron chi connectivity index (χ0n) is 19.5. The summed E-state index contributed by atoms with van der Waals surface area (Å²) >= 11 is 0. The third-order valence-corrected chi connectivity index (χ3v) is 6.68. The second-order valence-electron chi connectivity index (χ2n) is 9.09. The summed E-state index contributed by atoms with van der Waals surface area (Å²) in [7, 11) is 0. The first-order valence-corrected chi connectivity index (χ1v) is 11.5. The van der Waals surface area contributed by atoms with Crippen molar-refractivity contribution in [1.29, 1.82) is 0 Å². The van der Waals surface area contributed by atoms with Crippen LogP contribution in [0, 0.1) is 13.8 Å². The highest BCUT2D eigenvalue weighted by Crippen LogP contribution is 2.33. The molecule has 2 unspecified atom stereocenters. The summed E-state index contributed by atoms with van der Waals surface area (Å²) in [6.07, 6.45) is 3.54. The Balaban J connectivity index is 1.37. The highest BCUT2D eigenvalue weighted by atomic mass is 16.5. The summed E-state index contributed by atoms with van der Waals surface area (Å²) in [4.78, 5) is 37.0. The predicted octanol–water partition coefficient (Wildman–Crippen LogP) is 3.33. The fourth-order valence-electron chi connectivity index (χ4n) is 4.77. The lowest BCUT2D eigenvalue weighted by Gasteiger charge is -2.24. The number of nitrogens with zero attached hydrogens (tertiary/aromatic N) is 4. The molecule has 0 spiro atoms. The number of aryl methyl sites for hydroxylation is 2. The van der Waals surface area contributed by atoms with Gasteiger partial charge in [0.2, 0.25) is 5.91 Å². The zero-order chi connectivity index (χ0) is 23.9. The van der Waals surface area contributed by atoms with Gasteiger partial charge in [0.05, 0.1) is 18.2 Å². The molecule has 2 aromatic heterocycles. The molecule has 8 heteroatoms. The summed E-state index contributed by atoms with van der Waals surface area (Å²) in [5.41, 5.74) is 3.55. The maximum absolute atomic E-state index is 13.1. The van der Waals surface area contributed by atoms with Gasteiger partial charge in [-0.25, -0.2) is 4.99 Å². The molecule has 1 saturated heterocycles. The Morgan fingerprint density at radius 3 is 2.74 bits per heavy atom. The third kappa shape index (κ3) is 3.89. The average Bonchev–Trinajstić information content (AvgIpc) is 3.54. The van der Waals surface area contributed by atoms with Crippen molar-refractivity contribution in [1.82, 2.24) is 20.4 Å². The molecule has 0 radical (unpaired) electrons. The van der Waals surface area contributed by atoms with Crippen LogP contribution in [0.2, 0.25) is 0 Å². The molecule has 2 amide bonds. The van der Waals surface area contributed by atoms with Crippen molar-refractivity contribution in [3.05, 3.63) is 71.4 Å². The van der Waals surface area contributed by atoms with Gasteiger partial charge in [0.1, 0.15) is 11.6 Å². The first-order chi connectivity index (χ1) is 16.3. The lowest BCUT2D eigenvalue weighted by Crippen LogP contribution is -2.46. The van der Waals surface area contributed by atoms with E-state index in [0.717, 1.165) is 40.9 Å². The Bertz CT molecular complexity index is 1280. The molecule has 0 saturated carbocycles. The lowest BCUT2D eigenvalue weighted by molar-refractivity contribution is -0.130. The number of carbonyl (C=O) groups excluding carboxylic acids is 2. The number of amidine groups is 1. The summed E-state index contributed by atoms with van der Waals surface area (Å²) in [6.45, 7) is 6.24. The van der Waals surface area contributed by atoms with Crippen LogP contribution >= 0.6 is 0 Å². The Morgan fingerprint density at radius 1 is 1.24 bits per heavy atom. The predicted molar refractivity (Wildman–Crippen MR) is 127 cm³/mol. The fourth-order valence-corrected chi connectivity index (χ4v) is 4.77. The van der Waals surface area contributed by atoms with Gasteiger partial charge in [-0.15, -0.1) is 0 Å². The van der Waals surface area contributed by atoms with E-state index >= 15 is 0 Å². The molecule has 5 rings (SSSR count). The van der Waals surface area contributed by atoms with E-state index in [2.05, 4.69) is 15.5 Å². The van der Waals surface area contributed by atoms with E-state index in [-0.39, 0.29) is 24.3 Å². The SMILES string of the molecule is Cc1cc(CC(=O)N2CCCC2C2=NC(C)(c3ccc(-c4cccnc4C)cc3)C(=O)N2)on1. The molecule has 2 aliphatic heterocycles. The van der Waals surface area contributed by atoms with Crippen LogP contribution in [-0.2, 0) is 21.5 Å².